The molecule has 1 heterocycles. The maximum Gasteiger partial charge on any atom is 0.344 e. The van der Waals surface area contributed by atoms with Crippen LogP contribution in [-0.4, -0.2) is 0 Å². The average Bonchev–Trinajstić information content (AvgIpc) is 2.38. The number of para-hydroxylation sites is 1. The molecule has 3 aromatic rings. The van der Waals surface area contributed by atoms with Crippen molar-refractivity contribution in [3.63, 3.8) is 0 Å². The number of hydrogen-bond acceptors (Lipinski definition) is 3. The quantitative estimate of drug-likeness (QED) is 0.542. The van der Waals surface area contributed by atoms with Crippen molar-refractivity contribution in [1.29, 1.82) is 0 Å². The van der Waals surface area contributed by atoms with Crippen LogP contribution in [0.2, 0.25) is 5.02 Å². The fourth-order valence-corrected chi connectivity index (χ4v) is 2.29. The molecule has 0 saturated heterocycles. The Kier molecular flexibility index (Phi) is 2.76. The molecule has 0 aliphatic carbocycles. The minimum absolute atomic E-state index is 0.412. The van der Waals surface area contributed by atoms with Gasteiger partial charge in [-0.15, -0.1) is 0 Å². The summed E-state index contributed by atoms with van der Waals surface area (Å²) < 4.78 is 5.29. The van der Waals surface area contributed by atoms with Crippen molar-refractivity contribution in [1.82, 2.24) is 0 Å². The second kappa shape index (κ2) is 4.44. The van der Waals surface area contributed by atoms with Gasteiger partial charge in [0.25, 0.3) is 0 Å². The zero-order valence-electron chi connectivity index (χ0n) is 9.89. The molecule has 19 heavy (non-hydrogen) atoms. The Hall–Kier alpha value is -2.26. The summed E-state index contributed by atoms with van der Waals surface area (Å²) in [5, 5.41) is 1.28. The Morgan fingerprint density at radius 2 is 1.79 bits per heavy atom. The molecule has 1 aromatic heterocycles. The molecule has 3 rings (SSSR count). The number of anilines is 1. The first-order valence-electron chi connectivity index (χ1n) is 5.73. The molecule has 0 bridgehead atoms. The summed E-state index contributed by atoms with van der Waals surface area (Å²) in [6.07, 6.45) is 0. The second-order valence-corrected chi connectivity index (χ2v) is 4.63. The van der Waals surface area contributed by atoms with Gasteiger partial charge in [-0.3, -0.25) is 0 Å². The van der Waals surface area contributed by atoms with Gasteiger partial charge in [0, 0.05) is 16.6 Å². The Labute approximate surface area is 114 Å². The van der Waals surface area contributed by atoms with E-state index in [1.165, 1.54) is 0 Å². The summed E-state index contributed by atoms with van der Waals surface area (Å²) in [6.45, 7) is 0. The van der Waals surface area contributed by atoms with Gasteiger partial charge >= 0.3 is 5.63 Å². The molecular weight excluding hydrogens is 262 g/mol. The van der Waals surface area contributed by atoms with E-state index in [1.54, 1.807) is 30.3 Å². The van der Waals surface area contributed by atoms with E-state index in [0.717, 1.165) is 5.39 Å². The Bertz CT molecular complexity index is 824. The third-order valence-corrected chi connectivity index (χ3v) is 3.24. The van der Waals surface area contributed by atoms with E-state index in [-0.39, 0.29) is 0 Å². The lowest BCUT2D eigenvalue weighted by molar-refractivity contribution is 0.563. The Morgan fingerprint density at radius 1 is 1.00 bits per heavy atom. The lowest BCUT2D eigenvalue weighted by atomic mass is 10.1. The molecule has 4 heteroatoms. The summed E-state index contributed by atoms with van der Waals surface area (Å²) >= 11 is 6.13. The van der Waals surface area contributed by atoms with Crippen LogP contribution in [0.3, 0.4) is 0 Å². The molecule has 0 aliphatic heterocycles. The number of benzene rings is 2. The number of rotatable bonds is 1. The van der Waals surface area contributed by atoms with Crippen molar-refractivity contribution in [2.75, 3.05) is 5.73 Å². The van der Waals surface area contributed by atoms with E-state index in [0.29, 0.717) is 27.4 Å². The third-order valence-electron chi connectivity index (χ3n) is 2.92. The average molecular weight is 272 g/mol. The van der Waals surface area contributed by atoms with Crippen LogP contribution in [0.15, 0.2) is 57.7 Å². The zero-order chi connectivity index (χ0) is 13.4. The Balaban J connectivity index is 2.30. The van der Waals surface area contributed by atoms with Crippen LogP contribution in [0.5, 0.6) is 0 Å². The van der Waals surface area contributed by atoms with Gasteiger partial charge in [-0.2, -0.15) is 0 Å². The Morgan fingerprint density at radius 3 is 2.58 bits per heavy atom. The van der Waals surface area contributed by atoms with Gasteiger partial charge in [0.1, 0.15) is 5.58 Å². The molecule has 0 saturated carbocycles. The van der Waals surface area contributed by atoms with Gasteiger partial charge in [0.15, 0.2) is 0 Å². The smallest absolute Gasteiger partial charge is 0.344 e. The van der Waals surface area contributed by atoms with E-state index >= 15 is 0 Å². The molecule has 0 radical (unpaired) electrons. The number of nitrogen functional groups attached to an aromatic ring is 1. The molecule has 0 fully saturated rings. The lowest BCUT2D eigenvalue weighted by Crippen LogP contribution is -2.03. The molecule has 0 spiro atoms. The van der Waals surface area contributed by atoms with E-state index < -0.39 is 5.63 Å². The van der Waals surface area contributed by atoms with Crippen molar-refractivity contribution in [2.24, 2.45) is 0 Å². The highest BCUT2D eigenvalue weighted by Gasteiger charge is 2.10. The normalized spacial score (nSPS) is 10.8. The standard InChI is InChI=1S/C15H10ClNO2/c16-13-8-10(17)5-6-11(13)12-7-9-3-1-2-4-14(9)19-15(12)18/h1-8H,17H2. The van der Waals surface area contributed by atoms with E-state index in [9.17, 15) is 4.79 Å². The van der Waals surface area contributed by atoms with E-state index in [2.05, 4.69) is 0 Å². The molecule has 0 aliphatic rings. The maximum atomic E-state index is 12.0. The van der Waals surface area contributed by atoms with Crippen molar-refractivity contribution >= 4 is 28.3 Å². The first-order chi connectivity index (χ1) is 9.15. The molecule has 2 aromatic carbocycles. The van der Waals surface area contributed by atoms with Gasteiger partial charge in [-0.25, -0.2) is 4.79 Å². The predicted molar refractivity (Wildman–Crippen MR) is 77.3 cm³/mol. The minimum Gasteiger partial charge on any atom is -0.422 e. The molecular formula is C15H10ClNO2. The van der Waals surface area contributed by atoms with Crippen LogP contribution in [-0.2, 0) is 0 Å². The third kappa shape index (κ3) is 2.09. The van der Waals surface area contributed by atoms with Crippen molar-refractivity contribution in [3.8, 4) is 11.1 Å². The number of hydrogen-bond donors (Lipinski definition) is 1. The van der Waals surface area contributed by atoms with E-state index in [1.807, 2.05) is 18.2 Å². The fourth-order valence-electron chi connectivity index (χ4n) is 2.00. The van der Waals surface area contributed by atoms with E-state index in [4.69, 9.17) is 21.8 Å². The highest BCUT2D eigenvalue weighted by atomic mass is 35.5. The minimum atomic E-state index is -0.412. The topological polar surface area (TPSA) is 56.2 Å². The van der Waals surface area contributed by atoms with Crippen LogP contribution >= 0.6 is 11.6 Å². The van der Waals surface area contributed by atoms with Gasteiger partial charge < -0.3 is 10.2 Å². The first kappa shape index (κ1) is 11.8. The predicted octanol–water partition coefficient (Wildman–Crippen LogP) is 3.70. The molecule has 0 atom stereocenters. The lowest BCUT2D eigenvalue weighted by Gasteiger charge is -2.05. The molecule has 2 N–H and O–H groups in total. The van der Waals surface area contributed by atoms with Crippen molar-refractivity contribution in [2.45, 2.75) is 0 Å². The second-order valence-electron chi connectivity index (χ2n) is 4.22. The summed E-state index contributed by atoms with van der Waals surface area (Å²) in [5.41, 5.74) is 7.40. The maximum absolute atomic E-state index is 12.0. The number of nitrogens with two attached hydrogens (primary N) is 1. The molecule has 3 nitrogen and oxygen atoms in total. The fraction of sp³-hybridized carbons (Fsp3) is 0. The monoisotopic (exact) mass is 271 g/mol. The molecule has 0 amide bonds. The highest BCUT2D eigenvalue weighted by molar-refractivity contribution is 6.33. The van der Waals surface area contributed by atoms with Gasteiger partial charge in [-0.1, -0.05) is 35.9 Å². The van der Waals surface area contributed by atoms with Crippen LogP contribution in [0.1, 0.15) is 0 Å². The number of fused-ring (bicyclic) bond motifs is 1. The zero-order valence-corrected chi connectivity index (χ0v) is 10.6. The van der Waals surface area contributed by atoms with Crippen LogP contribution < -0.4 is 11.4 Å². The summed E-state index contributed by atoms with van der Waals surface area (Å²) in [5.74, 6) is 0. The number of halogens is 1. The summed E-state index contributed by atoms with van der Waals surface area (Å²) in [7, 11) is 0. The van der Waals surface area contributed by atoms with Gasteiger partial charge in [0.2, 0.25) is 0 Å². The summed E-state index contributed by atoms with van der Waals surface area (Å²) in [6, 6.07) is 14.2. The van der Waals surface area contributed by atoms with Crippen LogP contribution in [0.25, 0.3) is 22.1 Å². The highest BCUT2D eigenvalue weighted by Crippen LogP contribution is 2.29. The molecule has 94 valence electrons. The van der Waals surface area contributed by atoms with Crippen molar-refractivity contribution in [3.05, 3.63) is 64.0 Å². The molecule has 0 unspecified atom stereocenters. The largest absolute Gasteiger partial charge is 0.422 e. The first-order valence-corrected chi connectivity index (χ1v) is 6.11. The van der Waals surface area contributed by atoms with Crippen LogP contribution in [0, 0.1) is 0 Å². The van der Waals surface area contributed by atoms with Gasteiger partial charge in [0.05, 0.1) is 10.6 Å². The van der Waals surface area contributed by atoms with Gasteiger partial charge in [-0.05, 0) is 24.3 Å². The van der Waals surface area contributed by atoms with Crippen molar-refractivity contribution < 1.29 is 4.42 Å². The SMILES string of the molecule is Nc1ccc(-c2cc3ccccc3oc2=O)c(Cl)c1. The van der Waals surface area contributed by atoms with Crippen LogP contribution in [0.4, 0.5) is 5.69 Å². The summed E-state index contributed by atoms with van der Waals surface area (Å²) in [4.78, 5) is 12.0.